The van der Waals surface area contributed by atoms with Gasteiger partial charge in [-0.05, 0) is 19.8 Å². The van der Waals surface area contributed by atoms with E-state index >= 15 is 0 Å². The Hall–Kier alpha value is -2.14. The highest BCUT2D eigenvalue weighted by atomic mass is 16.2. The molecule has 110 valence electrons. The summed E-state index contributed by atoms with van der Waals surface area (Å²) in [6.45, 7) is 3.48. The number of aryl methyl sites for hydroxylation is 1. The van der Waals surface area contributed by atoms with Gasteiger partial charge >= 0.3 is 0 Å². The van der Waals surface area contributed by atoms with E-state index in [1.54, 1.807) is 6.20 Å². The van der Waals surface area contributed by atoms with Crippen molar-refractivity contribution >= 4 is 5.91 Å². The molecule has 2 aromatic rings. The van der Waals surface area contributed by atoms with Gasteiger partial charge < -0.3 is 10.6 Å². The molecular formula is C16H20N4O. The van der Waals surface area contributed by atoms with E-state index in [-0.39, 0.29) is 11.9 Å². The van der Waals surface area contributed by atoms with Gasteiger partial charge in [0.1, 0.15) is 0 Å². The van der Waals surface area contributed by atoms with Crippen LogP contribution in [-0.4, -0.2) is 40.1 Å². The Morgan fingerprint density at radius 2 is 1.95 bits per heavy atom. The Labute approximate surface area is 124 Å². The van der Waals surface area contributed by atoms with Crippen molar-refractivity contribution in [2.24, 2.45) is 5.73 Å². The Morgan fingerprint density at radius 3 is 2.62 bits per heavy atom. The van der Waals surface area contributed by atoms with Crippen molar-refractivity contribution in [3.05, 3.63) is 41.6 Å². The van der Waals surface area contributed by atoms with E-state index in [4.69, 9.17) is 5.73 Å². The van der Waals surface area contributed by atoms with Crippen LogP contribution in [0, 0.1) is 6.92 Å². The van der Waals surface area contributed by atoms with Crippen LogP contribution in [0.3, 0.4) is 0 Å². The van der Waals surface area contributed by atoms with Crippen LogP contribution in [-0.2, 0) is 0 Å². The fourth-order valence-electron chi connectivity index (χ4n) is 2.66. The highest BCUT2D eigenvalue weighted by Crippen LogP contribution is 2.23. The number of H-pyrrole nitrogens is 1. The van der Waals surface area contributed by atoms with Crippen LogP contribution in [0.5, 0.6) is 0 Å². The first-order valence-electron chi connectivity index (χ1n) is 7.30. The molecule has 0 radical (unpaired) electrons. The van der Waals surface area contributed by atoms with Crippen molar-refractivity contribution in [1.82, 2.24) is 15.1 Å². The van der Waals surface area contributed by atoms with Gasteiger partial charge in [-0.15, -0.1) is 0 Å². The summed E-state index contributed by atoms with van der Waals surface area (Å²) in [7, 11) is 0. The monoisotopic (exact) mass is 284 g/mol. The number of nitrogens with one attached hydrogen (secondary N) is 1. The highest BCUT2D eigenvalue weighted by Gasteiger charge is 2.24. The molecule has 1 saturated heterocycles. The number of likely N-dealkylation sites (tertiary alicyclic amines) is 1. The SMILES string of the molecule is Cc1ccc(-c2[nH]ncc2C(=O)N2CCC(N)CC2)cc1. The third kappa shape index (κ3) is 2.83. The lowest BCUT2D eigenvalue weighted by Crippen LogP contribution is -2.42. The topological polar surface area (TPSA) is 75.0 Å². The molecule has 5 heteroatoms. The normalized spacial score (nSPS) is 16.2. The maximum absolute atomic E-state index is 12.7. The molecule has 1 aliphatic heterocycles. The van der Waals surface area contributed by atoms with Crippen molar-refractivity contribution < 1.29 is 4.79 Å². The number of amides is 1. The molecule has 0 spiro atoms. The largest absolute Gasteiger partial charge is 0.338 e. The number of hydrogen-bond acceptors (Lipinski definition) is 3. The molecule has 3 N–H and O–H groups in total. The lowest BCUT2D eigenvalue weighted by atomic mass is 10.0. The highest BCUT2D eigenvalue weighted by molar-refractivity contribution is 5.99. The first kappa shape index (κ1) is 13.8. The van der Waals surface area contributed by atoms with E-state index in [0.29, 0.717) is 5.56 Å². The molecule has 0 unspecified atom stereocenters. The minimum absolute atomic E-state index is 0.0335. The van der Waals surface area contributed by atoms with Crippen molar-refractivity contribution in [2.75, 3.05) is 13.1 Å². The fourth-order valence-corrected chi connectivity index (χ4v) is 2.66. The second-order valence-electron chi connectivity index (χ2n) is 5.65. The molecule has 5 nitrogen and oxygen atoms in total. The summed E-state index contributed by atoms with van der Waals surface area (Å²) >= 11 is 0. The van der Waals surface area contributed by atoms with E-state index in [1.807, 2.05) is 36.1 Å². The maximum atomic E-state index is 12.7. The minimum atomic E-state index is 0.0335. The lowest BCUT2D eigenvalue weighted by Gasteiger charge is -2.30. The van der Waals surface area contributed by atoms with Crippen LogP contribution in [0.1, 0.15) is 28.8 Å². The van der Waals surface area contributed by atoms with Crippen LogP contribution in [0.4, 0.5) is 0 Å². The van der Waals surface area contributed by atoms with E-state index in [1.165, 1.54) is 5.56 Å². The fraction of sp³-hybridized carbons (Fsp3) is 0.375. The number of rotatable bonds is 2. The Bertz CT molecular complexity index is 624. The van der Waals surface area contributed by atoms with Gasteiger partial charge in [0.2, 0.25) is 0 Å². The Morgan fingerprint density at radius 1 is 1.29 bits per heavy atom. The van der Waals surface area contributed by atoms with Crippen molar-refractivity contribution in [3.63, 3.8) is 0 Å². The quantitative estimate of drug-likeness (QED) is 0.885. The Kier molecular flexibility index (Phi) is 3.75. The van der Waals surface area contributed by atoms with Gasteiger partial charge in [-0.2, -0.15) is 5.10 Å². The van der Waals surface area contributed by atoms with Crippen LogP contribution in [0.15, 0.2) is 30.5 Å². The van der Waals surface area contributed by atoms with Crippen LogP contribution < -0.4 is 5.73 Å². The van der Waals surface area contributed by atoms with Crippen LogP contribution >= 0.6 is 0 Å². The number of aromatic amines is 1. The molecule has 1 aromatic carbocycles. The van der Waals surface area contributed by atoms with Crippen LogP contribution in [0.25, 0.3) is 11.3 Å². The summed E-state index contributed by atoms with van der Waals surface area (Å²) in [5, 5.41) is 7.00. The molecule has 0 saturated carbocycles. The number of carbonyl (C=O) groups is 1. The van der Waals surface area contributed by atoms with Gasteiger partial charge in [-0.25, -0.2) is 0 Å². The number of hydrogen-bond donors (Lipinski definition) is 2. The molecule has 0 atom stereocenters. The zero-order chi connectivity index (χ0) is 14.8. The van der Waals surface area contributed by atoms with Crippen LogP contribution in [0.2, 0.25) is 0 Å². The van der Waals surface area contributed by atoms with Gasteiger partial charge in [-0.3, -0.25) is 9.89 Å². The third-order valence-corrected chi connectivity index (χ3v) is 4.04. The number of benzene rings is 1. The maximum Gasteiger partial charge on any atom is 0.257 e. The van der Waals surface area contributed by atoms with E-state index in [0.717, 1.165) is 37.2 Å². The molecule has 0 aliphatic carbocycles. The molecule has 2 heterocycles. The van der Waals surface area contributed by atoms with Crippen molar-refractivity contribution in [2.45, 2.75) is 25.8 Å². The van der Waals surface area contributed by atoms with E-state index in [2.05, 4.69) is 10.2 Å². The second kappa shape index (κ2) is 5.69. The summed E-state index contributed by atoms with van der Waals surface area (Å²) in [6.07, 6.45) is 3.35. The average Bonchev–Trinajstić information content (AvgIpc) is 2.97. The first-order valence-corrected chi connectivity index (χ1v) is 7.30. The van der Waals surface area contributed by atoms with Gasteiger partial charge in [0.05, 0.1) is 17.5 Å². The molecule has 3 rings (SSSR count). The minimum Gasteiger partial charge on any atom is -0.338 e. The summed E-state index contributed by atoms with van der Waals surface area (Å²) in [6, 6.07) is 8.29. The van der Waals surface area contributed by atoms with Gasteiger partial charge in [0.25, 0.3) is 5.91 Å². The average molecular weight is 284 g/mol. The second-order valence-corrected chi connectivity index (χ2v) is 5.65. The smallest absolute Gasteiger partial charge is 0.257 e. The Balaban J connectivity index is 1.85. The lowest BCUT2D eigenvalue weighted by molar-refractivity contribution is 0.0715. The predicted octanol–water partition coefficient (Wildman–Crippen LogP) is 1.95. The van der Waals surface area contributed by atoms with Gasteiger partial charge in [0.15, 0.2) is 0 Å². The molecule has 1 fully saturated rings. The van der Waals surface area contributed by atoms with Crippen molar-refractivity contribution in [1.29, 1.82) is 0 Å². The van der Waals surface area contributed by atoms with E-state index < -0.39 is 0 Å². The van der Waals surface area contributed by atoms with Crippen molar-refractivity contribution in [3.8, 4) is 11.3 Å². The molecular weight excluding hydrogens is 264 g/mol. The first-order chi connectivity index (χ1) is 10.1. The van der Waals surface area contributed by atoms with Gasteiger partial charge in [0, 0.05) is 24.7 Å². The number of nitrogens with zero attached hydrogens (tertiary/aromatic N) is 2. The number of nitrogens with two attached hydrogens (primary N) is 1. The zero-order valence-electron chi connectivity index (χ0n) is 12.2. The summed E-state index contributed by atoms with van der Waals surface area (Å²) in [4.78, 5) is 14.5. The molecule has 21 heavy (non-hydrogen) atoms. The summed E-state index contributed by atoms with van der Waals surface area (Å²) < 4.78 is 0. The number of carbonyl (C=O) groups excluding carboxylic acids is 1. The molecule has 0 bridgehead atoms. The number of piperidine rings is 1. The predicted molar refractivity (Wildman–Crippen MR) is 81.9 cm³/mol. The summed E-state index contributed by atoms with van der Waals surface area (Å²) in [5.74, 6) is 0.0335. The molecule has 1 aliphatic rings. The zero-order valence-corrected chi connectivity index (χ0v) is 12.2. The molecule has 1 aromatic heterocycles. The summed E-state index contributed by atoms with van der Waals surface area (Å²) in [5.41, 5.74) is 9.49. The van der Waals surface area contributed by atoms with Gasteiger partial charge in [-0.1, -0.05) is 29.8 Å². The third-order valence-electron chi connectivity index (χ3n) is 4.04. The number of aromatic nitrogens is 2. The van der Waals surface area contributed by atoms with E-state index in [9.17, 15) is 4.79 Å². The molecule has 1 amide bonds. The standard InChI is InChI=1S/C16H20N4O/c1-11-2-4-12(5-3-11)15-14(10-18-19-15)16(21)20-8-6-13(17)7-9-20/h2-5,10,13H,6-9,17H2,1H3,(H,18,19).